The number of aromatic nitrogens is 1. The largest absolute Gasteiger partial charge is 0.496 e. The van der Waals surface area contributed by atoms with E-state index in [0.29, 0.717) is 17.3 Å². The molecule has 1 aromatic carbocycles. The van der Waals surface area contributed by atoms with Crippen LogP contribution in [0, 0.1) is 6.92 Å². The molecule has 1 aliphatic rings. The third-order valence-electron chi connectivity index (χ3n) is 4.50. The first-order valence-electron chi connectivity index (χ1n) is 7.38. The number of aryl methyl sites for hydroxylation is 1. The number of benzene rings is 1. The van der Waals surface area contributed by atoms with E-state index in [4.69, 9.17) is 21.1 Å². The van der Waals surface area contributed by atoms with Crippen molar-refractivity contribution in [3.63, 3.8) is 0 Å². The summed E-state index contributed by atoms with van der Waals surface area (Å²) in [7, 11) is 3.03. The quantitative estimate of drug-likeness (QED) is 0.634. The third-order valence-corrected chi connectivity index (χ3v) is 4.72. The van der Waals surface area contributed by atoms with Crippen molar-refractivity contribution in [3.8, 4) is 5.75 Å². The van der Waals surface area contributed by atoms with Gasteiger partial charge in [0.2, 0.25) is 0 Å². The maximum Gasteiger partial charge on any atom is 0.317 e. The van der Waals surface area contributed by atoms with Gasteiger partial charge in [0.25, 0.3) is 0 Å². The SMILES string of the molecule is COC(=O)[C@@]1(c2cc(C)ccc2OC)C[C@@H]1c1ccc(Cl)nc1. The third kappa shape index (κ3) is 2.57. The lowest BCUT2D eigenvalue weighted by molar-refractivity contribution is -0.143. The molecule has 1 fully saturated rings. The number of carbonyl (C=O) groups is 1. The van der Waals surface area contributed by atoms with Gasteiger partial charge in [-0.1, -0.05) is 35.4 Å². The van der Waals surface area contributed by atoms with E-state index in [9.17, 15) is 4.79 Å². The summed E-state index contributed by atoms with van der Waals surface area (Å²) in [6.07, 6.45) is 2.39. The fraction of sp³-hybridized carbons (Fsp3) is 0.333. The zero-order valence-electron chi connectivity index (χ0n) is 13.3. The van der Waals surface area contributed by atoms with Crippen molar-refractivity contribution in [1.82, 2.24) is 4.98 Å². The van der Waals surface area contributed by atoms with Crippen molar-refractivity contribution in [2.45, 2.75) is 24.7 Å². The molecule has 0 aliphatic heterocycles. The molecule has 0 unspecified atom stereocenters. The topological polar surface area (TPSA) is 48.4 Å². The molecule has 2 atom stereocenters. The Balaban J connectivity index is 2.09. The molecule has 5 heteroatoms. The lowest BCUT2D eigenvalue weighted by Crippen LogP contribution is -2.25. The highest BCUT2D eigenvalue weighted by Crippen LogP contribution is 2.63. The molecule has 1 aromatic heterocycles. The van der Waals surface area contributed by atoms with Crippen molar-refractivity contribution in [1.29, 1.82) is 0 Å². The summed E-state index contributed by atoms with van der Waals surface area (Å²) in [5.41, 5.74) is 2.20. The minimum absolute atomic E-state index is 0.00965. The first-order valence-corrected chi connectivity index (χ1v) is 7.75. The van der Waals surface area contributed by atoms with Crippen molar-refractivity contribution in [2.24, 2.45) is 0 Å². The van der Waals surface area contributed by atoms with Crippen LogP contribution in [0.4, 0.5) is 0 Å². The number of ether oxygens (including phenoxy) is 2. The van der Waals surface area contributed by atoms with Gasteiger partial charge in [0.05, 0.1) is 14.2 Å². The molecule has 0 amide bonds. The second kappa shape index (κ2) is 5.85. The second-order valence-corrected chi connectivity index (χ2v) is 6.22. The van der Waals surface area contributed by atoms with Crippen LogP contribution in [0.5, 0.6) is 5.75 Å². The Bertz CT molecular complexity index is 744. The summed E-state index contributed by atoms with van der Waals surface area (Å²) >= 11 is 5.86. The van der Waals surface area contributed by atoms with E-state index in [1.165, 1.54) is 7.11 Å². The van der Waals surface area contributed by atoms with Crippen LogP contribution < -0.4 is 4.74 Å². The lowest BCUT2D eigenvalue weighted by Gasteiger charge is -2.19. The first kappa shape index (κ1) is 15.8. The highest BCUT2D eigenvalue weighted by molar-refractivity contribution is 6.29. The van der Waals surface area contributed by atoms with Crippen molar-refractivity contribution in [2.75, 3.05) is 14.2 Å². The van der Waals surface area contributed by atoms with Gasteiger partial charge < -0.3 is 9.47 Å². The molecular formula is C18H18ClNO3. The number of nitrogens with zero attached hydrogens (tertiary/aromatic N) is 1. The lowest BCUT2D eigenvalue weighted by atomic mass is 9.89. The van der Waals surface area contributed by atoms with Crippen LogP contribution in [0.1, 0.15) is 29.0 Å². The van der Waals surface area contributed by atoms with Gasteiger partial charge in [-0.3, -0.25) is 4.79 Å². The Morgan fingerprint density at radius 3 is 2.70 bits per heavy atom. The Morgan fingerprint density at radius 1 is 1.30 bits per heavy atom. The van der Waals surface area contributed by atoms with E-state index in [-0.39, 0.29) is 11.9 Å². The van der Waals surface area contributed by atoms with Gasteiger partial charge in [-0.2, -0.15) is 0 Å². The van der Waals surface area contributed by atoms with Crippen LogP contribution >= 0.6 is 11.6 Å². The molecule has 120 valence electrons. The average molecular weight is 332 g/mol. The summed E-state index contributed by atoms with van der Waals surface area (Å²) in [6, 6.07) is 9.51. The number of carbonyl (C=O) groups excluding carboxylic acids is 1. The molecule has 0 spiro atoms. The number of hydrogen-bond donors (Lipinski definition) is 0. The molecule has 0 bridgehead atoms. The summed E-state index contributed by atoms with van der Waals surface area (Å²) in [5, 5.41) is 0.436. The maximum absolute atomic E-state index is 12.6. The normalized spacial score (nSPS) is 22.5. The van der Waals surface area contributed by atoms with E-state index >= 15 is 0 Å². The van der Waals surface area contributed by atoms with Gasteiger partial charge >= 0.3 is 5.97 Å². The number of methoxy groups -OCH3 is 2. The van der Waals surface area contributed by atoms with Gasteiger partial charge in [0.1, 0.15) is 16.3 Å². The van der Waals surface area contributed by atoms with Crippen LogP contribution in [-0.4, -0.2) is 25.2 Å². The summed E-state index contributed by atoms with van der Waals surface area (Å²) in [5.74, 6) is 0.460. The van der Waals surface area contributed by atoms with E-state index in [0.717, 1.165) is 16.7 Å². The van der Waals surface area contributed by atoms with Gasteiger partial charge in [-0.05, 0) is 31.0 Å². The predicted octanol–water partition coefficient (Wildman–Crippen LogP) is 3.65. The molecular weight excluding hydrogens is 314 g/mol. The minimum Gasteiger partial charge on any atom is -0.496 e. The smallest absolute Gasteiger partial charge is 0.317 e. The first-order chi connectivity index (χ1) is 11.0. The molecule has 23 heavy (non-hydrogen) atoms. The van der Waals surface area contributed by atoms with Crippen molar-refractivity contribution in [3.05, 3.63) is 58.4 Å². The van der Waals surface area contributed by atoms with Crippen LogP contribution in [-0.2, 0) is 14.9 Å². The van der Waals surface area contributed by atoms with Crippen LogP contribution in [0.15, 0.2) is 36.5 Å². The van der Waals surface area contributed by atoms with Crippen molar-refractivity contribution >= 4 is 17.6 Å². The predicted molar refractivity (Wildman–Crippen MR) is 88.0 cm³/mol. The molecule has 3 rings (SSSR count). The van der Waals surface area contributed by atoms with E-state index < -0.39 is 5.41 Å². The number of esters is 1. The van der Waals surface area contributed by atoms with Gasteiger partial charge in [-0.25, -0.2) is 4.98 Å². The Labute approximate surface area is 140 Å². The van der Waals surface area contributed by atoms with E-state index in [1.807, 2.05) is 31.2 Å². The Kier molecular flexibility index (Phi) is 4.02. The van der Waals surface area contributed by atoms with Crippen LogP contribution in [0.3, 0.4) is 0 Å². The molecule has 0 saturated heterocycles. The zero-order valence-corrected chi connectivity index (χ0v) is 14.1. The molecule has 1 heterocycles. The minimum atomic E-state index is -0.721. The molecule has 0 N–H and O–H groups in total. The van der Waals surface area contributed by atoms with Crippen LogP contribution in [0.2, 0.25) is 5.15 Å². The van der Waals surface area contributed by atoms with E-state index in [1.54, 1.807) is 19.4 Å². The Hall–Kier alpha value is -2.07. The standard InChI is InChI=1S/C18H18ClNO3/c1-11-4-6-15(22-2)13(8-11)18(17(21)23-3)9-14(18)12-5-7-16(19)20-10-12/h4-8,10,14H,9H2,1-3H3/t14-,18-/m1/s1. The fourth-order valence-electron chi connectivity index (χ4n) is 3.24. The molecule has 1 saturated carbocycles. The van der Waals surface area contributed by atoms with Gasteiger partial charge in [0, 0.05) is 17.7 Å². The summed E-state index contributed by atoms with van der Waals surface area (Å²) in [4.78, 5) is 16.7. The fourth-order valence-corrected chi connectivity index (χ4v) is 3.36. The highest BCUT2D eigenvalue weighted by Gasteiger charge is 2.64. The number of rotatable bonds is 4. The van der Waals surface area contributed by atoms with Gasteiger partial charge in [0.15, 0.2) is 0 Å². The number of hydrogen-bond acceptors (Lipinski definition) is 4. The molecule has 1 aliphatic carbocycles. The highest BCUT2D eigenvalue weighted by atomic mass is 35.5. The van der Waals surface area contributed by atoms with E-state index in [2.05, 4.69) is 4.98 Å². The maximum atomic E-state index is 12.6. The number of pyridine rings is 1. The zero-order chi connectivity index (χ0) is 16.6. The molecule has 4 nitrogen and oxygen atoms in total. The summed E-state index contributed by atoms with van der Waals surface area (Å²) < 4.78 is 10.6. The second-order valence-electron chi connectivity index (χ2n) is 5.84. The average Bonchev–Trinajstić information content (AvgIpc) is 3.31. The molecule has 2 aromatic rings. The Morgan fingerprint density at radius 2 is 2.09 bits per heavy atom. The van der Waals surface area contributed by atoms with Gasteiger partial charge in [-0.15, -0.1) is 0 Å². The van der Waals surface area contributed by atoms with Crippen LogP contribution in [0.25, 0.3) is 0 Å². The number of halogens is 1. The summed E-state index contributed by atoms with van der Waals surface area (Å²) in [6.45, 7) is 2.00. The monoisotopic (exact) mass is 331 g/mol. The van der Waals surface area contributed by atoms with Crippen molar-refractivity contribution < 1.29 is 14.3 Å². The molecule has 0 radical (unpaired) electrons.